The average Bonchev–Trinajstić information content (AvgIpc) is 2.49. The summed E-state index contributed by atoms with van der Waals surface area (Å²) in [5.74, 6) is -1.000. The van der Waals surface area contributed by atoms with Crippen molar-refractivity contribution < 1.29 is 9.90 Å². The second-order valence-electron chi connectivity index (χ2n) is 4.66. The van der Waals surface area contributed by atoms with Gasteiger partial charge in [0.1, 0.15) is 11.3 Å². The lowest BCUT2D eigenvalue weighted by Gasteiger charge is -2.09. The van der Waals surface area contributed by atoms with Gasteiger partial charge >= 0.3 is 0 Å². The van der Waals surface area contributed by atoms with Crippen LogP contribution in [0.3, 0.4) is 0 Å². The summed E-state index contributed by atoms with van der Waals surface area (Å²) in [4.78, 5) is 27.0. The van der Waals surface area contributed by atoms with E-state index in [1.807, 2.05) is 0 Å². The summed E-state index contributed by atoms with van der Waals surface area (Å²) in [6.45, 7) is 0. The van der Waals surface area contributed by atoms with Gasteiger partial charge in [0.25, 0.3) is 11.5 Å². The fourth-order valence-electron chi connectivity index (χ4n) is 2.18. The quantitative estimate of drug-likeness (QED) is 0.657. The van der Waals surface area contributed by atoms with E-state index in [0.717, 1.165) is 0 Å². The van der Waals surface area contributed by atoms with Gasteiger partial charge < -0.3 is 15.4 Å². The number of carbonyl (C=O) groups excluding carboxylic acids is 1. The Balaban J connectivity index is 2.08. The smallest absolute Gasteiger partial charge is 0.265 e. The highest BCUT2D eigenvalue weighted by Crippen LogP contribution is 2.26. The van der Waals surface area contributed by atoms with Crippen LogP contribution in [0, 0.1) is 0 Å². The van der Waals surface area contributed by atoms with E-state index in [0.29, 0.717) is 21.1 Å². The first-order valence-corrected chi connectivity index (χ1v) is 7.27. The molecule has 0 unspecified atom stereocenters. The number of hydrogen-bond acceptors (Lipinski definition) is 3. The van der Waals surface area contributed by atoms with Crippen molar-refractivity contribution in [2.75, 3.05) is 5.32 Å². The second-order valence-corrected chi connectivity index (χ2v) is 5.51. The highest BCUT2D eigenvalue weighted by Gasteiger charge is 2.19. The number of nitrogens with one attached hydrogen (secondary N) is 2. The first-order chi connectivity index (χ1) is 10.6. The summed E-state index contributed by atoms with van der Waals surface area (Å²) in [5, 5.41) is 13.3. The number of amides is 1. The van der Waals surface area contributed by atoms with Crippen molar-refractivity contribution in [3.8, 4) is 5.75 Å². The van der Waals surface area contributed by atoms with Crippen molar-refractivity contribution in [3.63, 3.8) is 0 Å². The number of fused-ring (bicyclic) bond motifs is 1. The van der Waals surface area contributed by atoms with Crippen LogP contribution in [0.5, 0.6) is 5.75 Å². The van der Waals surface area contributed by atoms with Crippen LogP contribution in [-0.4, -0.2) is 16.0 Å². The van der Waals surface area contributed by atoms with E-state index >= 15 is 0 Å². The number of anilines is 1. The fraction of sp³-hybridized carbons (Fsp3) is 0. The Morgan fingerprint density at radius 1 is 1.09 bits per heavy atom. The number of para-hydroxylation sites is 2. The minimum absolute atomic E-state index is 0.311. The zero-order chi connectivity index (χ0) is 15.7. The number of H-pyrrole nitrogens is 1. The Kier molecular flexibility index (Phi) is 3.68. The van der Waals surface area contributed by atoms with Crippen molar-refractivity contribution in [3.05, 3.63) is 68.9 Å². The van der Waals surface area contributed by atoms with Crippen LogP contribution in [0.4, 0.5) is 5.69 Å². The van der Waals surface area contributed by atoms with Crippen LogP contribution < -0.4 is 10.9 Å². The highest BCUT2D eigenvalue weighted by molar-refractivity contribution is 9.10. The van der Waals surface area contributed by atoms with E-state index in [4.69, 9.17) is 0 Å². The predicted octanol–water partition coefficient (Wildman–Crippen LogP) is 3.25. The Hall–Kier alpha value is -2.60. The maximum atomic E-state index is 12.3. The summed E-state index contributed by atoms with van der Waals surface area (Å²) in [5.41, 5.74) is 0.0390. The van der Waals surface area contributed by atoms with Gasteiger partial charge in [0.15, 0.2) is 0 Å². The van der Waals surface area contributed by atoms with Crippen LogP contribution >= 0.6 is 15.9 Å². The first-order valence-electron chi connectivity index (χ1n) is 6.48. The minimum atomic E-state index is -0.670. The third-order valence-electron chi connectivity index (χ3n) is 3.24. The summed E-state index contributed by atoms with van der Waals surface area (Å²) < 4.78 is 0.681. The maximum Gasteiger partial charge on any atom is 0.265 e. The molecule has 0 saturated carbocycles. The van der Waals surface area contributed by atoms with E-state index in [-0.39, 0.29) is 11.3 Å². The van der Waals surface area contributed by atoms with Crippen molar-refractivity contribution in [2.24, 2.45) is 0 Å². The molecule has 0 saturated heterocycles. The normalized spacial score (nSPS) is 10.6. The molecular weight excluding hydrogens is 348 g/mol. The number of carbonyl (C=O) groups is 1. The largest absolute Gasteiger partial charge is 0.506 e. The van der Waals surface area contributed by atoms with Crippen LogP contribution in [0.2, 0.25) is 0 Å². The van der Waals surface area contributed by atoms with Crippen molar-refractivity contribution in [1.29, 1.82) is 0 Å². The molecule has 3 rings (SSSR count). The molecule has 0 atom stereocenters. The molecule has 0 aliphatic heterocycles. The molecule has 1 aromatic heterocycles. The standard InChI is InChI=1S/C16H11BrN2O3/c17-10-6-2-4-8-12(10)19-16(22)13-14(20)9-5-1-3-7-11(9)18-15(13)21/h1-8H,(H,19,22)(H2,18,20,21). The Morgan fingerprint density at radius 2 is 1.77 bits per heavy atom. The molecule has 0 aliphatic carbocycles. The van der Waals surface area contributed by atoms with Gasteiger partial charge in [0.05, 0.1) is 11.2 Å². The van der Waals surface area contributed by atoms with Gasteiger partial charge in [0.2, 0.25) is 0 Å². The number of benzene rings is 2. The van der Waals surface area contributed by atoms with Crippen molar-refractivity contribution in [1.82, 2.24) is 4.98 Å². The number of rotatable bonds is 2. The number of aromatic amines is 1. The zero-order valence-corrected chi connectivity index (χ0v) is 12.8. The van der Waals surface area contributed by atoms with Gasteiger partial charge in [-0.05, 0) is 40.2 Å². The van der Waals surface area contributed by atoms with Gasteiger partial charge in [-0.1, -0.05) is 24.3 Å². The predicted molar refractivity (Wildman–Crippen MR) is 88.3 cm³/mol. The molecule has 1 amide bonds. The van der Waals surface area contributed by atoms with E-state index in [1.54, 1.807) is 48.5 Å². The lowest BCUT2D eigenvalue weighted by Crippen LogP contribution is -2.23. The van der Waals surface area contributed by atoms with Crippen LogP contribution in [0.15, 0.2) is 57.8 Å². The molecule has 110 valence electrons. The molecule has 5 nitrogen and oxygen atoms in total. The van der Waals surface area contributed by atoms with Gasteiger partial charge in [-0.3, -0.25) is 9.59 Å². The van der Waals surface area contributed by atoms with Crippen molar-refractivity contribution >= 4 is 38.4 Å². The van der Waals surface area contributed by atoms with Gasteiger partial charge in [-0.15, -0.1) is 0 Å². The van der Waals surface area contributed by atoms with Crippen LogP contribution in [0.25, 0.3) is 10.9 Å². The monoisotopic (exact) mass is 358 g/mol. The summed E-state index contributed by atoms with van der Waals surface area (Å²) >= 11 is 3.31. The van der Waals surface area contributed by atoms with Gasteiger partial charge in [-0.2, -0.15) is 0 Å². The van der Waals surface area contributed by atoms with E-state index in [2.05, 4.69) is 26.2 Å². The SMILES string of the molecule is O=C(Nc1ccccc1Br)c1c(O)c2ccccc2[nH]c1=O. The molecule has 1 heterocycles. The lowest BCUT2D eigenvalue weighted by atomic mass is 10.1. The Labute approximate surface area is 133 Å². The molecule has 0 aliphatic rings. The van der Waals surface area contributed by atoms with E-state index in [9.17, 15) is 14.7 Å². The fourth-order valence-corrected chi connectivity index (χ4v) is 2.57. The van der Waals surface area contributed by atoms with Crippen LogP contribution in [-0.2, 0) is 0 Å². The number of aromatic hydroxyl groups is 1. The lowest BCUT2D eigenvalue weighted by molar-refractivity contribution is 0.102. The second kappa shape index (κ2) is 5.65. The molecule has 0 fully saturated rings. The van der Waals surface area contributed by atoms with Gasteiger partial charge in [-0.25, -0.2) is 0 Å². The Morgan fingerprint density at radius 3 is 2.55 bits per heavy atom. The first kappa shape index (κ1) is 14.3. The van der Waals surface area contributed by atoms with Crippen molar-refractivity contribution in [2.45, 2.75) is 0 Å². The molecule has 2 aromatic carbocycles. The van der Waals surface area contributed by atoms with E-state index in [1.165, 1.54) is 0 Å². The average molecular weight is 359 g/mol. The molecule has 0 radical (unpaired) electrons. The number of halogens is 1. The third kappa shape index (κ3) is 2.48. The molecule has 22 heavy (non-hydrogen) atoms. The summed E-state index contributed by atoms with van der Waals surface area (Å²) in [7, 11) is 0. The number of aromatic nitrogens is 1. The zero-order valence-electron chi connectivity index (χ0n) is 11.3. The molecule has 3 aromatic rings. The maximum absolute atomic E-state index is 12.3. The third-order valence-corrected chi connectivity index (χ3v) is 3.93. The van der Waals surface area contributed by atoms with Gasteiger partial charge in [0, 0.05) is 9.86 Å². The number of hydrogen-bond donors (Lipinski definition) is 3. The topological polar surface area (TPSA) is 82.2 Å². The number of pyridine rings is 1. The summed E-state index contributed by atoms with van der Waals surface area (Å²) in [6, 6.07) is 13.8. The molecule has 0 bridgehead atoms. The molecule has 0 spiro atoms. The van der Waals surface area contributed by atoms with Crippen LogP contribution in [0.1, 0.15) is 10.4 Å². The highest BCUT2D eigenvalue weighted by atomic mass is 79.9. The molecular formula is C16H11BrN2O3. The molecule has 6 heteroatoms. The summed E-state index contributed by atoms with van der Waals surface area (Å²) in [6.07, 6.45) is 0. The minimum Gasteiger partial charge on any atom is -0.506 e. The van der Waals surface area contributed by atoms with E-state index < -0.39 is 11.5 Å². The molecule has 3 N–H and O–H groups in total. The Bertz CT molecular complexity index is 934.